The summed E-state index contributed by atoms with van der Waals surface area (Å²) in [5.41, 5.74) is 1.82. The molecule has 2 aromatic heterocycles. The van der Waals surface area contributed by atoms with Crippen LogP contribution in [0.5, 0.6) is 0 Å². The Morgan fingerprint density at radius 1 is 1.48 bits per heavy atom. The van der Waals surface area contributed by atoms with Gasteiger partial charge in [-0.05, 0) is 25.5 Å². The highest BCUT2D eigenvalue weighted by Gasteiger charge is 2.13. The molecule has 0 fully saturated rings. The summed E-state index contributed by atoms with van der Waals surface area (Å²) in [6, 6.07) is 3.65. The second-order valence-electron chi connectivity index (χ2n) is 4.65. The van der Waals surface area contributed by atoms with Gasteiger partial charge in [-0.1, -0.05) is 11.8 Å². The maximum atomic E-state index is 12.2. The van der Waals surface area contributed by atoms with Gasteiger partial charge in [-0.25, -0.2) is 0 Å². The van der Waals surface area contributed by atoms with Crippen LogP contribution in [0.15, 0.2) is 12.1 Å². The molecule has 1 amide bonds. The van der Waals surface area contributed by atoms with E-state index in [1.807, 2.05) is 26.0 Å². The van der Waals surface area contributed by atoms with E-state index in [1.165, 1.54) is 11.3 Å². The number of anilines is 1. The first-order valence-electron chi connectivity index (χ1n) is 6.53. The molecule has 2 rings (SSSR count). The fourth-order valence-electron chi connectivity index (χ4n) is 1.82. The molecule has 0 bridgehead atoms. The number of rotatable bonds is 3. The number of aromatic nitrogens is 2. The predicted octanol–water partition coefficient (Wildman–Crippen LogP) is 2.08. The highest BCUT2D eigenvalue weighted by Crippen LogP contribution is 2.22. The van der Waals surface area contributed by atoms with Gasteiger partial charge >= 0.3 is 0 Å². The van der Waals surface area contributed by atoms with E-state index in [0.717, 1.165) is 16.1 Å². The number of carbonyl (C=O) groups excluding carboxylic acids is 1. The van der Waals surface area contributed by atoms with Crippen molar-refractivity contribution in [3.63, 3.8) is 0 Å². The van der Waals surface area contributed by atoms with E-state index in [2.05, 4.69) is 22.3 Å². The molecule has 0 saturated carbocycles. The molecule has 0 unspecified atom stereocenters. The number of thiophene rings is 1. The van der Waals surface area contributed by atoms with Crippen LogP contribution in [0.2, 0.25) is 0 Å². The summed E-state index contributed by atoms with van der Waals surface area (Å²) in [6.45, 7) is 3.84. The number of carbonyl (C=O) groups is 1. The van der Waals surface area contributed by atoms with Gasteiger partial charge in [-0.3, -0.25) is 9.48 Å². The number of hydrogen-bond acceptors (Lipinski definition) is 4. The number of hydrogen-bond donors (Lipinski definition) is 2. The zero-order valence-electron chi connectivity index (χ0n) is 12.2. The first-order valence-corrected chi connectivity index (χ1v) is 7.35. The van der Waals surface area contributed by atoms with Crippen molar-refractivity contribution in [1.29, 1.82) is 0 Å². The third-order valence-electron chi connectivity index (χ3n) is 2.82. The van der Waals surface area contributed by atoms with Crippen molar-refractivity contribution in [3.05, 3.63) is 33.1 Å². The molecular formula is C15H17N3O2S. The molecule has 5 nitrogen and oxygen atoms in total. The lowest BCUT2D eigenvalue weighted by Gasteiger charge is -2.02. The Balaban J connectivity index is 2.15. The van der Waals surface area contributed by atoms with Crippen molar-refractivity contribution in [2.75, 3.05) is 11.9 Å². The Hall–Kier alpha value is -2.10. The molecule has 2 heterocycles. The van der Waals surface area contributed by atoms with Crippen molar-refractivity contribution >= 4 is 23.1 Å². The average Bonchev–Trinajstić information content (AvgIpc) is 2.94. The minimum absolute atomic E-state index is 0.0462. The van der Waals surface area contributed by atoms with Crippen molar-refractivity contribution in [1.82, 2.24) is 9.78 Å². The maximum absolute atomic E-state index is 12.2. The van der Waals surface area contributed by atoms with Crippen LogP contribution in [0.1, 0.15) is 32.2 Å². The van der Waals surface area contributed by atoms with Gasteiger partial charge in [0.1, 0.15) is 5.82 Å². The lowest BCUT2D eigenvalue weighted by molar-refractivity contribution is 0.102. The number of aryl methyl sites for hydroxylation is 3. The molecule has 0 aliphatic rings. The van der Waals surface area contributed by atoms with Gasteiger partial charge in [0.15, 0.2) is 0 Å². The molecule has 110 valence electrons. The summed E-state index contributed by atoms with van der Waals surface area (Å²) in [6.07, 6.45) is 0.438. The number of nitrogens with one attached hydrogen (secondary N) is 1. The van der Waals surface area contributed by atoms with Gasteiger partial charge in [0.25, 0.3) is 5.91 Å². The fourth-order valence-corrected chi connectivity index (χ4v) is 2.76. The minimum atomic E-state index is -0.165. The molecule has 0 aliphatic heterocycles. The highest BCUT2D eigenvalue weighted by molar-refractivity contribution is 7.14. The molecule has 0 aliphatic carbocycles. The smallest absolute Gasteiger partial charge is 0.266 e. The van der Waals surface area contributed by atoms with Crippen molar-refractivity contribution in [2.24, 2.45) is 7.05 Å². The number of amides is 1. The van der Waals surface area contributed by atoms with Gasteiger partial charge in [0, 0.05) is 19.5 Å². The van der Waals surface area contributed by atoms with Crippen molar-refractivity contribution in [3.8, 4) is 11.8 Å². The summed E-state index contributed by atoms with van der Waals surface area (Å²) in [5.74, 6) is 6.35. The lowest BCUT2D eigenvalue weighted by atomic mass is 10.2. The van der Waals surface area contributed by atoms with Gasteiger partial charge < -0.3 is 10.4 Å². The molecular weight excluding hydrogens is 286 g/mol. The standard InChI is InChI=1S/C15H17N3O2S/c1-10-8-13(21-12(10)6-4-5-7-19)15(20)16-14-9-11(2)17-18(14)3/h8-9,19H,5,7H2,1-3H3,(H,16,20). The quantitative estimate of drug-likeness (QED) is 0.853. The second-order valence-corrected chi connectivity index (χ2v) is 5.70. The van der Waals surface area contributed by atoms with Gasteiger partial charge in [-0.15, -0.1) is 11.3 Å². The SMILES string of the molecule is Cc1cc(NC(=O)c2cc(C)c(C#CCCO)s2)n(C)n1. The minimum Gasteiger partial charge on any atom is -0.395 e. The van der Waals surface area contributed by atoms with Gasteiger partial charge in [0.05, 0.1) is 22.1 Å². The Morgan fingerprint density at radius 2 is 2.24 bits per heavy atom. The first kappa shape index (κ1) is 15.3. The van der Waals surface area contributed by atoms with Crippen LogP contribution in [-0.4, -0.2) is 27.4 Å². The molecule has 0 radical (unpaired) electrons. The number of nitrogens with zero attached hydrogens (tertiary/aromatic N) is 2. The third-order valence-corrected chi connectivity index (χ3v) is 3.98. The second kappa shape index (κ2) is 6.57. The van der Waals surface area contributed by atoms with E-state index in [1.54, 1.807) is 11.7 Å². The molecule has 21 heavy (non-hydrogen) atoms. The Bertz CT molecular complexity index is 719. The van der Waals surface area contributed by atoms with E-state index in [4.69, 9.17) is 5.11 Å². The van der Waals surface area contributed by atoms with E-state index < -0.39 is 0 Å². The monoisotopic (exact) mass is 303 g/mol. The van der Waals surface area contributed by atoms with Crippen molar-refractivity contribution < 1.29 is 9.90 Å². The summed E-state index contributed by atoms with van der Waals surface area (Å²) in [4.78, 5) is 13.7. The average molecular weight is 303 g/mol. The molecule has 0 aromatic carbocycles. The van der Waals surface area contributed by atoms with E-state index in [-0.39, 0.29) is 12.5 Å². The number of aliphatic hydroxyl groups is 1. The first-order chi connectivity index (χ1) is 10.0. The summed E-state index contributed by atoms with van der Waals surface area (Å²) in [5, 5.41) is 15.8. The zero-order valence-corrected chi connectivity index (χ0v) is 13.0. The molecule has 0 spiro atoms. The van der Waals surface area contributed by atoms with E-state index >= 15 is 0 Å². The largest absolute Gasteiger partial charge is 0.395 e. The molecule has 2 N–H and O–H groups in total. The molecule has 2 aromatic rings. The summed E-state index contributed by atoms with van der Waals surface area (Å²) < 4.78 is 1.63. The van der Waals surface area contributed by atoms with Crippen molar-refractivity contribution in [2.45, 2.75) is 20.3 Å². The maximum Gasteiger partial charge on any atom is 0.266 e. The van der Waals surface area contributed by atoms with Gasteiger partial charge in [0.2, 0.25) is 0 Å². The summed E-state index contributed by atoms with van der Waals surface area (Å²) >= 11 is 1.35. The van der Waals surface area contributed by atoms with Crippen LogP contribution in [0.25, 0.3) is 0 Å². The molecule has 0 atom stereocenters. The van der Waals surface area contributed by atoms with Crippen LogP contribution in [0, 0.1) is 25.7 Å². The van der Waals surface area contributed by atoms with E-state index in [0.29, 0.717) is 17.1 Å². The fraction of sp³-hybridized carbons (Fsp3) is 0.333. The van der Waals surface area contributed by atoms with Crippen LogP contribution in [0.3, 0.4) is 0 Å². The Morgan fingerprint density at radius 3 is 2.86 bits per heavy atom. The summed E-state index contributed by atoms with van der Waals surface area (Å²) in [7, 11) is 1.79. The Labute approximate surface area is 127 Å². The normalized spacial score (nSPS) is 10.1. The third kappa shape index (κ3) is 3.72. The predicted molar refractivity (Wildman–Crippen MR) is 83.5 cm³/mol. The zero-order chi connectivity index (χ0) is 15.4. The lowest BCUT2D eigenvalue weighted by Crippen LogP contribution is -2.13. The van der Waals surface area contributed by atoms with Crippen LogP contribution >= 0.6 is 11.3 Å². The van der Waals surface area contributed by atoms with Crippen LogP contribution < -0.4 is 5.32 Å². The van der Waals surface area contributed by atoms with E-state index in [9.17, 15) is 4.79 Å². The molecule has 0 saturated heterocycles. The van der Waals surface area contributed by atoms with Crippen LogP contribution in [0.4, 0.5) is 5.82 Å². The molecule has 6 heteroatoms. The Kier molecular flexibility index (Phi) is 4.78. The van der Waals surface area contributed by atoms with Crippen LogP contribution in [-0.2, 0) is 7.05 Å². The number of aliphatic hydroxyl groups excluding tert-OH is 1. The van der Waals surface area contributed by atoms with Gasteiger partial charge in [-0.2, -0.15) is 5.10 Å². The topological polar surface area (TPSA) is 67.2 Å². The highest BCUT2D eigenvalue weighted by atomic mass is 32.1.